The lowest BCUT2D eigenvalue weighted by molar-refractivity contribution is 0.0791. The number of nitrogens with zero attached hydrogens (tertiary/aromatic N) is 1. The number of hydrogen-bond donors (Lipinski definition) is 1. The summed E-state index contributed by atoms with van der Waals surface area (Å²) in [6.45, 7) is 1.33. The number of thioether (sulfide) groups is 1. The highest BCUT2D eigenvalue weighted by Gasteiger charge is 2.35. The minimum atomic E-state index is 0. The monoisotopic (exact) mass is 354 g/mol. The minimum Gasteiger partial charge on any atom is -0.336 e. The van der Waals surface area contributed by atoms with Gasteiger partial charge in [0.1, 0.15) is 4.88 Å². The van der Waals surface area contributed by atoms with E-state index in [0.717, 1.165) is 9.77 Å². The van der Waals surface area contributed by atoms with Gasteiger partial charge in [0.05, 0.1) is 0 Å². The molecular weight excluding hydrogens is 336 g/mol. The summed E-state index contributed by atoms with van der Waals surface area (Å²) < 4.78 is 0. The first kappa shape index (κ1) is 17.3. The Morgan fingerprint density at radius 3 is 2.68 bits per heavy atom. The third kappa shape index (κ3) is 3.33. The topological polar surface area (TPSA) is 46.3 Å². The molecule has 3 rings (SSSR count). The Hall–Kier alpha value is -1.01. The lowest BCUT2D eigenvalue weighted by Crippen LogP contribution is -2.32. The molecule has 1 aromatic heterocycles. The van der Waals surface area contributed by atoms with Crippen molar-refractivity contribution in [3.8, 4) is 0 Å². The molecule has 3 nitrogen and oxygen atoms in total. The second-order valence-corrected chi connectivity index (χ2v) is 6.97. The molecule has 1 fully saturated rings. The summed E-state index contributed by atoms with van der Waals surface area (Å²) in [4.78, 5) is 16.5. The van der Waals surface area contributed by atoms with Crippen molar-refractivity contribution < 1.29 is 4.79 Å². The fourth-order valence-electron chi connectivity index (χ4n) is 2.81. The number of hydrogen-bond acceptors (Lipinski definition) is 4. The van der Waals surface area contributed by atoms with Gasteiger partial charge in [0.15, 0.2) is 0 Å². The SMILES string of the molecule is CSc1ccsc1C(=O)N1C[C@@H](N)[C@H](c2ccccc2)C1.Cl. The molecule has 1 aromatic carbocycles. The van der Waals surface area contributed by atoms with E-state index in [2.05, 4.69) is 12.1 Å². The predicted octanol–water partition coefficient (Wildman–Crippen LogP) is 3.46. The standard InChI is InChI=1S/C16H18N2OS2.ClH/c1-20-14-7-8-21-15(14)16(19)18-9-12(13(17)10-18)11-5-3-2-4-6-11;/h2-8,12-13H,9-10,17H2,1H3;1H/t12-,13+;/m0./s1. The van der Waals surface area contributed by atoms with Crippen LogP contribution >= 0.6 is 35.5 Å². The van der Waals surface area contributed by atoms with Gasteiger partial charge in [0, 0.05) is 29.9 Å². The van der Waals surface area contributed by atoms with Gasteiger partial charge in [-0.3, -0.25) is 4.79 Å². The molecule has 0 aliphatic carbocycles. The fourth-order valence-corrected chi connectivity index (χ4v) is 4.52. The van der Waals surface area contributed by atoms with Gasteiger partial charge in [-0.15, -0.1) is 35.5 Å². The minimum absolute atomic E-state index is 0. The second kappa shape index (κ2) is 7.51. The molecule has 0 unspecified atom stereocenters. The van der Waals surface area contributed by atoms with Gasteiger partial charge in [0.25, 0.3) is 5.91 Å². The van der Waals surface area contributed by atoms with Gasteiger partial charge in [-0.2, -0.15) is 0 Å². The number of carbonyl (C=O) groups is 1. The van der Waals surface area contributed by atoms with Crippen LogP contribution in [0.3, 0.4) is 0 Å². The highest BCUT2D eigenvalue weighted by atomic mass is 35.5. The molecule has 0 radical (unpaired) electrons. The highest BCUT2D eigenvalue weighted by Crippen LogP contribution is 2.31. The first-order valence-electron chi connectivity index (χ1n) is 6.92. The van der Waals surface area contributed by atoms with Gasteiger partial charge in [-0.1, -0.05) is 30.3 Å². The average Bonchev–Trinajstić information content (AvgIpc) is 3.13. The van der Waals surface area contributed by atoms with E-state index in [9.17, 15) is 4.79 Å². The van der Waals surface area contributed by atoms with E-state index in [0.29, 0.717) is 13.1 Å². The van der Waals surface area contributed by atoms with Crippen molar-refractivity contribution in [1.29, 1.82) is 0 Å². The molecule has 1 aliphatic rings. The Morgan fingerprint density at radius 2 is 2.00 bits per heavy atom. The Morgan fingerprint density at radius 1 is 1.27 bits per heavy atom. The van der Waals surface area contributed by atoms with Crippen LogP contribution in [-0.4, -0.2) is 36.2 Å². The molecule has 2 atom stereocenters. The number of carbonyl (C=O) groups excluding carboxylic acids is 1. The van der Waals surface area contributed by atoms with Crippen LogP contribution in [0.2, 0.25) is 0 Å². The van der Waals surface area contributed by atoms with Crippen molar-refractivity contribution in [3.05, 3.63) is 52.2 Å². The second-order valence-electron chi connectivity index (χ2n) is 5.21. The van der Waals surface area contributed by atoms with Crippen LogP contribution in [0.15, 0.2) is 46.7 Å². The number of benzene rings is 1. The summed E-state index contributed by atoms with van der Waals surface area (Å²) >= 11 is 3.13. The molecule has 2 aromatic rings. The third-order valence-electron chi connectivity index (χ3n) is 3.92. The molecule has 0 spiro atoms. The molecule has 0 saturated carbocycles. The first-order chi connectivity index (χ1) is 10.2. The molecule has 1 aliphatic heterocycles. The molecule has 118 valence electrons. The van der Waals surface area contributed by atoms with E-state index >= 15 is 0 Å². The van der Waals surface area contributed by atoms with Crippen LogP contribution < -0.4 is 5.73 Å². The summed E-state index contributed by atoms with van der Waals surface area (Å²) in [7, 11) is 0. The normalized spacial score (nSPS) is 20.7. The molecular formula is C16H19ClN2OS2. The number of rotatable bonds is 3. The molecule has 2 heterocycles. The molecule has 1 amide bonds. The molecule has 6 heteroatoms. The molecule has 1 saturated heterocycles. The zero-order valence-electron chi connectivity index (χ0n) is 12.3. The smallest absolute Gasteiger partial charge is 0.265 e. The van der Waals surface area contributed by atoms with Crippen LogP contribution in [0.5, 0.6) is 0 Å². The van der Waals surface area contributed by atoms with Gasteiger partial charge in [-0.25, -0.2) is 0 Å². The maximum Gasteiger partial charge on any atom is 0.265 e. The van der Waals surface area contributed by atoms with E-state index < -0.39 is 0 Å². The van der Waals surface area contributed by atoms with Gasteiger partial charge in [-0.05, 0) is 23.3 Å². The number of halogens is 1. The lowest BCUT2D eigenvalue weighted by atomic mass is 9.95. The van der Waals surface area contributed by atoms with E-state index in [1.54, 1.807) is 11.8 Å². The maximum atomic E-state index is 12.7. The van der Waals surface area contributed by atoms with Crippen LogP contribution in [0, 0.1) is 0 Å². The molecule has 22 heavy (non-hydrogen) atoms. The molecule has 2 N–H and O–H groups in total. The first-order valence-corrected chi connectivity index (χ1v) is 9.02. The lowest BCUT2D eigenvalue weighted by Gasteiger charge is -2.16. The molecule has 0 bridgehead atoms. The summed E-state index contributed by atoms with van der Waals surface area (Å²) in [5.41, 5.74) is 7.49. The van der Waals surface area contributed by atoms with Crippen molar-refractivity contribution in [3.63, 3.8) is 0 Å². The number of likely N-dealkylation sites (tertiary alicyclic amines) is 1. The van der Waals surface area contributed by atoms with Crippen molar-refractivity contribution >= 4 is 41.4 Å². The van der Waals surface area contributed by atoms with Crippen LogP contribution in [0.4, 0.5) is 0 Å². The zero-order chi connectivity index (χ0) is 14.8. The summed E-state index contributed by atoms with van der Waals surface area (Å²) in [6, 6.07) is 12.3. The number of nitrogens with two attached hydrogens (primary N) is 1. The van der Waals surface area contributed by atoms with Crippen molar-refractivity contribution in [2.24, 2.45) is 5.73 Å². The van der Waals surface area contributed by atoms with E-state index in [4.69, 9.17) is 5.73 Å². The van der Waals surface area contributed by atoms with Gasteiger partial charge in [0.2, 0.25) is 0 Å². The van der Waals surface area contributed by atoms with Gasteiger partial charge >= 0.3 is 0 Å². The van der Waals surface area contributed by atoms with Crippen molar-refractivity contribution in [2.75, 3.05) is 19.3 Å². The predicted molar refractivity (Wildman–Crippen MR) is 96.4 cm³/mol. The van der Waals surface area contributed by atoms with Crippen molar-refractivity contribution in [1.82, 2.24) is 4.90 Å². The highest BCUT2D eigenvalue weighted by molar-refractivity contribution is 7.98. The Balaban J connectivity index is 0.00000176. The Bertz CT molecular complexity index is 632. The quantitative estimate of drug-likeness (QED) is 0.858. The summed E-state index contributed by atoms with van der Waals surface area (Å²) in [6.07, 6.45) is 2.00. The average molecular weight is 355 g/mol. The van der Waals surface area contributed by atoms with Crippen LogP contribution in [0.1, 0.15) is 21.2 Å². The largest absolute Gasteiger partial charge is 0.336 e. The third-order valence-corrected chi connectivity index (χ3v) is 5.73. The zero-order valence-corrected chi connectivity index (χ0v) is 14.7. The fraction of sp³-hybridized carbons (Fsp3) is 0.312. The van der Waals surface area contributed by atoms with E-state index in [-0.39, 0.29) is 30.3 Å². The van der Waals surface area contributed by atoms with Crippen molar-refractivity contribution in [2.45, 2.75) is 16.9 Å². The van der Waals surface area contributed by atoms with Crippen LogP contribution in [0.25, 0.3) is 0 Å². The Kier molecular flexibility index (Phi) is 5.92. The van der Waals surface area contributed by atoms with Gasteiger partial charge < -0.3 is 10.6 Å². The van der Waals surface area contributed by atoms with Crippen LogP contribution in [-0.2, 0) is 0 Å². The van der Waals surface area contributed by atoms with E-state index in [1.165, 1.54) is 16.9 Å². The summed E-state index contributed by atoms with van der Waals surface area (Å²) in [5.74, 6) is 0.344. The van der Waals surface area contributed by atoms with E-state index in [1.807, 2.05) is 40.8 Å². The maximum absolute atomic E-state index is 12.7. The number of amides is 1. The Labute approximate surface area is 145 Å². The number of thiophene rings is 1. The summed E-state index contributed by atoms with van der Waals surface area (Å²) in [5, 5.41) is 1.98.